The highest BCUT2D eigenvalue weighted by atomic mass is 32.1. The fourth-order valence-corrected chi connectivity index (χ4v) is 3.85. The van der Waals surface area contributed by atoms with E-state index in [9.17, 15) is 4.79 Å². The molecule has 118 valence electrons. The minimum atomic E-state index is -0.0637. The van der Waals surface area contributed by atoms with Gasteiger partial charge in [-0.3, -0.25) is 9.69 Å². The Morgan fingerprint density at radius 3 is 2.86 bits per heavy atom. The van der Waals surface area contributed by atoms with E-state index in [2.05, 4.69) is 41.6 Å². The fraction of sp³-hybridized carbons (Fsp3) is 0.706. The Kier molecular flexibility index (Phi) is 6.24. The lowest BCUT2D eigenvalue weighted by Gasteiger charge is -2.33. The fourth-order valence-electron chi connectivity index (χ4n) is 3.13. The third kappa shape index (κ3) is 4.55. The molecule has 1 aliphatic carbocycles. The molecule has 2 rings (SSSR count). The highest BCUT2D eigenvalue weighted by molar-refractivity contribution is 7.09. The lowest BCUT2D eigenvalue weighted by atomic mass is 9.86. The molecule has 21 heavy (non-hydrogen) atoms. The summed E-state index contributed by atoms with van der Waals surface area (Å²) in [5, 5.41) is 5.38. The van der Waals surface area contributed by atoms with Gasteiger partial charge in [0, 0.05) is 17.5 Å². The van der Waals surface area contributed by atoms with Crippen molar-refractivity contribution in [3.8, 4) is 0 Å². The SMILES string of the molecule is CCN(Cc1cccs1)C(C)C(=O)NC1CCCCC1C. The molecule has 0 aliphatic heterocycles. The number of nitrogens with zero attached hydrogens (tertiary/aromatic N) is 1. The van der Waals surface area contributed by atoms with Crippen LogP contribution in [0.5, 0.6) is 0 Å². The Morgan fingerprint density at radius 1 is 1.48 bits per heavy atom. The molecule has 1 aromatic heterocycles. The van der Waals surface area contributed by atoms with Crippen molar-refractivity contribution in [1.82, 2.24) is 10.2 Å². The van der Waals surface area contributed by atoms with Crippen LogP contribution < -0.4 is 5.32 Å². The Bertz CT molecular complexity index is 432. The predicted octanol–water partition coefficient (Wildman–Crippen LogP) is 3.65. The van der Waals surface area contributed by atoms with Crippen LogP contribution in [0.3, 0.4) is 0 Å². The van der Waals surface area contributed by atoms with Crippen LogP contribution in [0.4, 0.5) is 0 Å². The number of thiophene rings is 1. The van der Waals surface area contributed by atoms with E-state index in [1.54, 1.807) is 11.3 Å². The van der Waals surface area contributed by atoms with Crippen LogP contribution in [0.2, 0.25) is 0 Å². The molecule has 3 atom stereocenters. The van der Waals surface area contributed by atoms with E-state index >= 15 is 0 Å². The predicted molar refractivity (Wildman–Crippen MR) is 89.4 cm³/mol. The smallest absolute Gasteiger partial charge is 0.237 e. The van der Waals surface area contributed by atoms with Gasteiger partial charge in [0.05, 0.1) is 6.04 Å². The van der Waals surface area contributed by atoms with Gasteiger partial charge in [-0.25, -0.2) is 0 Å². The summed E-state index contributed by atoms with van der Waals surface area (Å²) in [6.45, 7) is 8.17. The van der Waals surface area contributed by atoms with Crippen molar-refractivity contribution in [2.45, 2.75) is 65.1 Å². The number of nitrogens with one attached hydrogen (secondary N) is 1. The lowest BCUT2D eigenvalue weighted by Crippen LogP contribution is -2.50. The maximum atomic E-state index is 12.5. The summed E-state index contributed by atoms with van der Waals surface area (Å²) in [5.41, 5.74) is 0. The van der Waals surface area contributed by atoms with Crippen LogP contribution in [0.25, 0.3) is 0 Å². The largest absolute Gasteiger partial charge is 0.352 e. The zero-order valence-electron chi connectivity index (χ0n) is 13.5. The molecule has 1 aromatic rings. The normalized spacial score (nSPS) is 24.0. The molecule has 4 heteroatoms. The van der Waals surface area contributed by atoms with Gasteiger partial charge in [-0.05, 0) is 43.7 Å². The van der Waals surface area contributed by atoms with Crippen molar-refractivity contribution >= 4 is 17.2 Å². The van der Waals surface area contributed by atoms with E-state index in [-0.39, 0.29) is 11.9 Å². The van der Waals surface area contributed by atoms with Crippen molar-refractivity contribution in [3.63, 3.8) is 0 Å². The highest BCUT2D eigenvalue weighted by Crippen LogP contribution is 2.24. The Hall–Kier alpha value is -0.870. The first-order chi connectivity index (χ1) is 10.1. The lowest BCUT2D eigenvalue weighted by molar-refractivity contribution is -0.127. The molecule has 1 N–H and O–H groups in total. The second-order valence-electron chi connectivity index (χ2n) is 6.20. The summed E-state index contributed by atoms with van der Waals surface area (Å²) in [7, 11) is 0. The number of rotatable bonds is 6. The highest BCUT2D eigenvalue weighted by Gasteiger charge is 2.27. The molecule has 0 spiro atoms. The minimum absolute atomic E-state index is 0.0637. The zero-order chi connectivity index (χ0) is 15.2. The van der Waals surface area contributed by atoms with E-state index < -0.39 is 0 Å². The van der Waals surface area contributed by atoms with Crippen LogP contribution in [-0.4, -0.2) is 29.4 Å². The molecule has 0 bridgehead atoms. The maximum absolute atomic E-state index is 12.5. The molecule has 0 aromatic carbocycles. The zero-order valence-corrected chi connectivity index (χ0v) is 14.3. The van der Waals surface area contributed by atoms with Gasteiger partial charge < -0.3 is 5.32 Å². The summed E-state index contributed by atoms with van der Waals surface area (Å²) < 4.78 is 0. The number of hydrogen-bond donors (Lipinski definition) is 1. The molecule has 3 unspecified atom stereocenters. The van der Waals surface area contributed by atoms with Crippen molar-refractivity contribution in [1.29, 1.82) is 0 Å². The standard InChI is InChI=1S/C17H28N2OS/c1-4-19(12-15-9-7-11-21-15)14(3)17(20)18-16-10-6-5-8-13(16)2/h7,9,11,13-14,16H,4-6,8,10,12H2,1-3H3,(H,18,20). The molecule has 0 saturated heterocycles. The molecule has 1 aliphatic rings. The van der Waals surface area contributed by atoms with Crippen molar-refractivity contribution < 1.29 is 4.79 Å². The molecular weight excluding hydrogens is 280 g/mol. The van der Waals surface area contributed by atoms with E-state index in [1.807, 2.05) is 6.92 Å². The van der Waals surface area contributed by atoms with Gasteiger partial charge in [0.1, 0.15) is 0 Å². The Labute approximate surface area is 132 Å². The summed E-state index contributed by atoms with van der Waals surface area (Å²) >= 11 is 1.76. The first-order valence-corrected chi connectivity index (χ1v) is 9.06. The number of hydrogen-bond acceptors (Lipinski definition) is 3. The summed E-state index contributed by atoms with van der Waals surface area (Å²) in [6, 6.07) is 4.52. The van der Waals surface area contributed by atoms with Gasteiger partial charge in [-0.2, -0.15) is 0 Å². The Morgan fingerprint density at radius 2 is 2.24 bits per heavy atom. The van der Waals surface area contributed by atoms with Gasteiger partial charge in [0.2, 0.25) is 5.91 Å². The quantitative estimate of drug-likeness (QED) is 0.870. The van der Waals surface area contributed by atoms with Crippen LogP contribution >= 0.6 is 11.3 Å². The van der Waals surface area contributed by atoms with E-state index in [1.165, 1.54) is 24.1 Å². The average molecular weight is 308 g/mol. The molecular formula is C17H28N2OS. The summed E-state index contributed by atoms with van der Waals surface area (Å²) in [4.78, 5) is 16.1. The van der Waals surface area contributed by atoms with Gasteiger partial charge in [0.15, 0.2) is 0 Å². The van der Waals surface area contributed by atoms with Crippen LogP contribution in [0.1, 0.15) is 51.3 Å². The van der Waals surface area contributed by atoms with E-state index in [4.69, 9.17) is 0 Å². The number of carbonyl (C=O) groups is 1. The van der Waals surface area contributed by atoms with Crippen molar-refractivity contribution in [2.24, 2.45) is 5.92 Å². The third-order valence-corrected chi connectivity index (χ3v) is 5.57. The minimum Gasteiger partial charge on any atom is -0.352 e. The molecule has 1 heterocycles. The number of carbonyl (C=O) groups excluding carboxylic acids is 1. The summed E-state index contributed by atoms with van der Waals surface area (Å²) in [5.74, 6) is 0.800. The Balaban J connectivity index is 1.90. The second-order valence-corrected chi connectivity index (χ2v) is 7.23. The van der Waals surface area contributed by atoms with Crippen LogP contribution in [0, 0.1) is 5.92 Å². The maximum Gasteiger partial charge on any atom is 0.237 e. The van der Waals surface area contributed by atoms with Crippen LogP contribution in [0.15, 0.2) is 17.5 Å². The molecule has 1 amide bonds. The summed E-state index contributed by atoms with van der Waals surface area (Å²) in [6.07, 6.45) is 4.93. The van der Waals surface area contributed by atoms with Crippen LogP contribution in [-0.2, 0) is 11.3 Å². The van der Waals surface area contributed by atoms with Gasteiger partial charge in [-0.1, -0.05) is 32.8 Å². The third-order valence-electron chi connectivity index (χ3n) is 4.71. The van der Waals surface area contributed by atoms with E-state index in [0.29, 0.717) is 12.0 Å². The second kappa shape index (κ2) is 7.95. The molecule has 3 nitrogen and oxygen atoms in total. The van der Waals surface area contributed by atoms with E-state index in [0.717, 1.165) is 19.5 Å². The first-order valence-electron chi connectivity index (χ1n) is 8.18. The van der Waals surface area contributed by atoms with Gasteiger partial charge in [-0.15, -0.1) is 11.3 Å². The number of amides is 1. The number of likely N-dealkylation sites (N-methyl/N-ethyl adjacent to an activating group) is 1. The van der Waals surface area contributed by atoms with Gasteiger partial charge >= 0.3 is 0 Å². The molecule has 1 saturated carbocycles. The van der Waals surface area contributed by atoms with Crippen molar-refractivity contribution in [3.05, 3.63) is 22.4 Å². The first kappa shape index (κ1) is 16.5. The molecule has 0 radical (unpaired) electrons. The monoisotopic (exact) mass is 308 g/mol. The molecule has 1 fully saturated rings. The topological polar surface area (TPSA) is 32.3 Å². The van der Waals surface area contributed by atoms with Crippen molar-refractivity contribution in [2.75, 3.05) is 6.54 Å². The van der Waals surface area contributed by atoms with Gasteiger partial charge in [0.25, 0.3) is 0 Å². The average Bonchev–Trinajstić information content (AvgIpc) is 2.99.